The summed E-state index contributed by atoms with van der Waals surface area (Å²) in [5, 5.41) is 24.6. The fourth-order valence-corrected chi connectivity index (χ4v) is 2.86. The third kappa shape index (κ3) is 6.66. The largest absolute Gasteiger partial charge is 0.481 e. The lowest BCUT2D eigenvalue weighted by Crippen LogP contribution is -2.05. The molecule has 0 unspecified atom stereocenters. The normalized spacial score (nSPS) is 10.2. The van der Waals surface area contributed by atoms with Gasteiger partial charge in [-0.15, -0.1) is 0 Å². The van der Waals surface area contributed by atoms with Gasteiger partial charge >= 0.3 is 11.9 Å². The van der Waals surface area contributed by atoms with Crippen molar-refractivity contribution in [3.63, 3.8) is 0 Å². The monoisotopic (exact) mass is 448 g/mol. The van der Waals surface area contributed by atoms with E-state index in [-0.39, 0.29) is 12.8 Å². The molecule has 0 saturated heterocycles. The molecule has 0 bridgehead atoms. The van der Waals surface area contributed by atoms with Gasteiger partial charge in [0.05, 0.1) is 37.0 Å². The van der Waals surface area contributed by atoms with Gasteiger partial charge in [0.25, 0.3) is 0 Å². The maximum Gasteiger partial charge on any atom is 0.303 e. The van der Waals surface area contributed by atoms with Crippen LogP contribution in [0.5, 0.6) is 0 Å². The van der Waals surface area contributed by atoms with Crippen LogP contribution in [-0.2, 0) is 23.2 Å². The number of aliphatic carboxylic acids is 2. The van der Waals surface area contributed by atoms with Crippen LogP contribution in [-0.4, -0.2) is 41.7 Å². The Morgan fingerprint density at radius 2 is 1.79 bits per heavy atom. The van der Waals surface area contributed by atoms with Crippen LogP contribution < -0.4 is 0 Å². The molecular formula is C19H21BrN4O4. The van der Waals surface area contributed by atoms with Crippen LogP contribution in [0.1, 0.15) is 24.2 Å². The van der Waals surface area contributed by atoms with Gasteiger partial charge in [-0.1, -0.05) is 28.1 Å². The highest BCUT2D eigenvalue weighted by molar-refractivity contribution is 9.10. The number of carboxylic acids is 2. The molecule has 8 nitrogen and oxygen atoms in total. The first-order chi connectivity index (χ1) is 13.2. The molecule has 0 aliphatic rings. The Balaban J connectivity index is 0.000000300. The van der Waals surface area contributed by atoms with E-state index in [2.05, 4.69) is 50.5 Å². The van der Waals surface area contributed by atoms with Crippen LogP contribution in [0.25, 0.3) is 11.1 Å². The minimum Gasteiger partial charge on any atom is -0.481 e. The van der Waals surface area contributed by atoms with Gasteiger partial charge in [-0.05, 0) is 30.7 Å². The van der Waals surface area contributed by atoms with E-state index in [1.165, 1.54) is 0 Å². The van der Waals surface area contributed by atoms with E-state index in [0.29, 0.717) is 0 Å². The Kier molecular flexibility index (Phi) is 7.51. The number of aromatic nitrogens is 4. The van der Waals surface area contributed by atoms with Crippen molar-refractivity contribution in [3.8, 4) is 11.1 Å². The van der Waals surface area contributed by atoms with E-state index >= 15 is 0 Å². The van der Waals surface area contributed by atoms with E-state index in [4.69, 9.17) is 10.2 Å². The van der Waals surface area contributed by atoms with Crippen LogP contribution in [0.4, 0.5) is 0 Å². The molecule has 148 valence electrons. The summed E-state index contributed by atoms with van der Waals surface area (Å²) in [6.45, 7) is 2.73. The summed E-state index contributed by atoms with van der Waals surface area (Å²) in [6, 6.07) is 10.3. The number of benzene rings is 1. The molecule has 0 saturated carbocycles. The lowest BCUT2D eigenvalue weighted by atomic mass is 10.1. The number of carbonyl (C=O) groups is 2. The molecule has 3 rings (SSSR count). The second kappa shape index (κ2) is 9.84. The Hall–Kier alpha value is -2.94. The second-order valence-corrected chi connectivity index (χ2v) is 7.04. The predicted molar refractivity (Wildman–Crippen MR) is 107 cm³/mol. The molecule has 2 aromatic heterocycles. The standard InChI is InChI=1S/C15H15BrN4.C4H6O4/c1-11-6-15(19(2)18-11)10-20-9-13(8-17-20)12-4-3-5-14(16)7-12;5-3(6)1-2-4(7)8/h3-9H,10H2,1-2H3;1-2H2,(H,5,6)(H,7,8). The van der Waals surface area contributed by atoms with Gasteiger partial charge < -0.3 is 10.2 Å². The smallest absolute Gasteiger partial charge is 0.303 e. The maximum absolute atomic E-state index is 9.64. The Labute approximate surface area is 170 Å². The summed E-state index contributed by atoms with van der Waals surface area (Å²) in [5.74, 6) is -2.15. The first kappa shape index (κ1) is 21.4. The highest BCUT2D eigenvalue weighted by Crippen LogP contribution is 2.22. The SMILES string of the molecule is Cc1cc(Cn2cc(-c3cccc(Br)c3)cn2)n(C)n1.O=C(O)CCC(=O)O. The van der Waals surface area contributed by atoms with E-state index in [1.54, 1.807) is 0 Å². The number of nitrogens with zero attached hydrogens (tertiary/aromatic N) is 4. The molecule has 0 amide bonds. The van der Waals surface area contributed by atoms with Gasteiger partial charge in [-0.3, -0.25) is 19.0 Å². The highest BCUT2D eigenvalue weighted by Gasteiger charge is 2.06. The molecule has 2 N–H and O–H groups in total. The molecule has 0 aliphatic carbocycles. The molecule has 0 spiro atoms. The van der Waals surface area contributed by atoms with Gasteiger partial charge in [0, 0.05) is 23.3 Å². The summed E-state index contributed by atoms with van der Waals surface area (Å²) < 4.78 is 4.91. The van der Waals surface area contributed by atoms with Crippen LogP contribution >= 0.6 is 15.9 Å². The Bertz CT molecular complexity index is 951. The summed E-state index contributed by atoms with van der Waals surface area (Å²) in [6.07, 6.45) is 3.36. The third-order valence-corrected chi connectivity index (χ3v) is 4.26. The first-order valence-corrected chi connectivity index (χ1v) is 9.25. The van der Waals surface area contributed by atoms with Crippen LogP contribution in [0.3, 0.4) is 0 Å². The van der Waals surface area contributed by atoms with Crippen LogP contribution in [0.2, 0.25) is 0 Å². The molecule has 9 heteroatoms. The van der Waals surface area contributed by atoms with Gasteiger partial charge in [0.1, 0.15) is 0 Å². The Morgan fingerprint density at radius 1 is 1.11 bits per heavy atom. The van der Waals surface area contributed by atoms with Crippen molar-refractivity contribution < 1.29 is 19.8 Å². The van der Waals surface area contributed by atoms with Crippen molar-refractivity contribution in [1.82, 2.24) is 19.6 Å². The molecule has 3 aromatic rings. The lowest BCUT2D eigenvalue weighted by molar-refractivity contribution is -0.143. The summed E-state index contributed by atoms with van der Waals surface area (Å²) >= 11 is 3.49. The number of hydrogen-bond donors (Lipinski definition) is 2. The summed E-state index contributed by atoms with van der Waals surface area (Å²) in [7, 11) is 1.96. The van der Waals surface area contributed by atoms with Gasteiger partial charge in [-0.25, -0.2) is 0 Å². The zero-order valence-corrected chi connectivity index (χ0v) is 17.1. The molecule has 0 atom stereocenters. The summed E-state index contributed by atoms with van der Waals surface area (Å²) in [4.78, 5) is 19.3. The fourth-order valence-electron chi connectivity index (χ4n) is 2.46. The molecule has 28 heavy (non-hydrogen) atoms. The van der Waals surface area contributed by atoms with E-state index in [0.717, 1.165) is 33.5 Å². The number of halogens is 1. The van der Waals surface area contributed by atoms with Crippen molar-refractivity contribution in [2.45, 2.75) is 26.3 Å². The van der Waals surface area contributed by atoms with Crippen molar-refractivity contribution in [1.29, 1.82) is 0 Å². The topological polar surface area (TPSA) is 110 Å². The molecule has 1 aromatic carbocycles. The fraction of sp³-hybridized carbons (Fsp3) is 0.263. The Morgan fingerprint density at radius 3 is 2.32 bits per heavy atom. The van der Waals surface area contributed by atoms with Gasteiger partial charge in [0.2, 0.25) is 0 Å². The first-order valence-electron chi connectivity index (χ1n) is 8.46. The molecule has 0 radical (unpaired) electrons. The molecule has 2 heterocycles. The van der Waals surface area contributed by atoms with Gasteiger partial charge in [-0.2, -0.15) is 10.2 Å². The zero-order valence-electron chi connectivity index (χ0n) is 15.5. The number of aryl methyl sites for hydroxylation is 2. The van der Waals surface area contributed by atoms with Crippen molar-refractivity contribution >= 4 is 27.9 Å². The maximum atomic E-state index is 9.64. The summed E-state index contributed by atoms with van der Waals surface area (Å²) in [5.41, 5.74) is 4.45. The minimum atomic E-state index is -1.08. The zero-order chi connectivity index (χ0) is 20.7. The van der Waals surface area contributed by atoms with Crippen LogP contribution in [0, 0.1) is 6.92 Å². The van der Waals surface area contributed by atoms with Crippen molar-refractivity contribution in [2.75, 3.05) is 0 Å². The van der Waals surface area contributed by atoms with Crippen molar-refractivity contribution in [3.05, 3.63) is 58.6 Å². The molecule has 0 aliphatic heterocycles. The third-order valence-electron chi connectivity index (χ3n) is 3.77. The predicted octanol–water partition coefficient (Wildman–Crippen LogP) is 3.34. The average molecular weight is 449 g/mol. The lowest BCUT2D eigenvalue weighted by Gasteiger charge is -2.02. The highest BCUT2D eigenvalue weighted by atomic mass is 79.9. The average Bonchev–Trinajstić information content (AvgIpc) is 3.20. The second-order valence-electron chi connectivity index (χ2n) is 6.13. The van der Waals surface area contributed by atoms with E-state index in [9.17, 15) is 9.59 Å². The van der Waals surface area contributed by atoms with Gasteiger partial charge in [0.15, 0.2) is 0 Å². The molecule has 0 fully saturated rings. The number of carboxylic acid groups (broad SMARTS) is 2. The number of rotatable bonds is 6. The minimum absolute atomic E-state index is 0.296. The molecular weight excluding hydrogens is 428 g/mol. The van der Waals surface area contributed by atoms with Crippen molar-refractivity contribution in [2.24, 2.45) is 7.05 Å². The van der Waals surface area contributed by atoms with E-state index < -0.39 is 11.9 Å². The van der Waals surface area contributed by atoms with E-state index in [1.807, 2.05) is 41.7 Å². The van der Waals surface area contributed by atoms with Crippen LogP contribution in [0.15, 0.2) is 47.2 Å². The quantitative estimate of drug-likeness (QED) is 0.598. The number of hydrogen-bond acceptors (Lipinski definition) is 4.